The minimum atomic E-state index is 0.640. The molecule has 28 heavy (non-hydrogen) atoms. The molecule has 1 aliphatic heterocycles. The van der Waals surface area contributed by atoms with Crippen molar-refractivity contribution >= 4 is 17.5 Å². The molecule has 0 radical (unpaired) electrons. The molecule has 4 rings (SSSR count). The summed E-state index contributed by atoms with van der Waals surface area (Å²) in [4.78, 5) is 11.9. The molecule has 0 aliphatic carbocycles. The fraction of sp³-hybridized carbons (Fsp3) is 0.261. The van der Waals surface area contributed by atoms with Crippen LogP contribution in [-0.4, -0.2) is 23.1 Å². The van der Waals surface area contributed by atoms with Crippen LogP contribution in [0, 0.1) is 17.2 Å². The summed E-state index contributed by atoms with van der Waals surface area (Å²) in [5.41, 5.74) is 3.51. The molecule has 0 bridgehead atoms. The second kappa shape index (κ2) is 8.10. The lowest BCUT2D eigenvalue weighted by molar-refractivity contribution is 0.442. The van der Waals surface area contributed by atoms with Crippen LogP contribution >= 0.6 is 0 Å². The highest BCUT2D eigenvalue weighted by atomic mass is 15.3. The Morgan fingerprint density at radius 2 is 1.86 bits per heavy atom. The first-order chi connectivity index (χ1) is 13.7. The number of benzene rings is 2. The van der Waals surface area contributed by atoms with Crippen molar-refractivity contribution in [2.45, 2.75) is 19.8 Å². The van der Waals surface area contributed by atoms with Gasteiger partial charge in [0.1, 0.15) is 5.82 Å². The largest absolute Gasteiger partial charge is 0.340 e. The summed E-state index contributed by atoms with van der Waals surface area (Å²) in [6.07, 6.45) is 2.42. The fourth-order valence-electron chi connectivity index (χ4n) is 3.54. The van der Waals surface area contributed by atoms with Gasteiger partial charge in [-0.15, -0.1) is 0 Å². The molecule has 3 aromatic rings. The van der Waals surface area contributed by atoms with Gasteiger partial charge in [-0.1, -0.05) is 37.3 Å². The molecule has 1 atom stereocenters. The summed E-state index contributed by atoms with van der Waals surface area (Å²) in [6, 6.07) is 21.7. The van der Waals surface area contributed by atoms with Gasteiger partial charge < -0.3 is 10.2 Å². The topological polar surface area (TPSA) is 64.8 Å². The third-order valence-electron chi connectivity index (χ3n) is 5.01. The van der Waals surface area contributed by atoms with Crippen molar-refractivity contribution in [2.24, 2.45) is 5.92 Å². The molecule has 1 fully saturated rings. The number of anilines is 3. The normalized spacial score (nSPS) is 16.4. The zero-order valence-corrected chi connectivity index (χ0v) is 16.0. The maximum Gasteiger partial charge on any atom is 0.227 e. The molecule has 0 amide bonds. The van der Waals surface area contributed by atoms with E-state index in [1.54, 1.807) is 12.1 Å². The van der Waals surface area contributed by atoms with Gasteiger partial charge in [0, 0.05) is 30.4 Å². The van der Waals surface area contributed by atoms with Gasteiger partial charge >= 0.3 is 0 Å². The number of hydrogen-bond donors (Lipinski definition) is 1. The average Bonchev–Trinajstić information content (AvgIpc) is 2.75. The van der Waals surface area contributed by atoms with Gasteiger partial charge in [0.15, 0.2) is 0 Å². The van der Waals surface area contributed by atoms with E-state index in [2.05, 4.69) is 35.3 Å². The van der Waals surface area contributed by atoms with E-state index in [9.17, 15) is 0 Å². The van der Waals surface area contributed by atoms with Crippen LogP contribution in [0.4, 0.5) is 17.5 Å². The van der Waals surface area contributed by atoms with Crippen LogP contribution in [0.5, 0.6) is 0 Å². The first kappa shape index (κ1) is 18.0. The Morgan fingerprint density at radius 1 is 1.07 bits per heavy atom. The molecule has 2 heterocycles. The standard InChI is InChI=1S/C23H23N5/c1-17-6-5-13-28(16-17)23-26-21(19-7-3-2-4-8-19)14-22(27-23)25-20-11-9-18(15-24)10-12-20/h2-4,7-12,14,17H,5-6,13,16H2,1H3,(H,25,26,27). The SMILES string of the molecule is CC1CCCN(c2nc(Nc3ccc(C#N)cc3)cc(-c3ccccc3)n2)C1. The summed E-state index contributed by atoms with van der Waals surface area (Å²) in [6.45, 7) is 4.25. The number of nitrogens with zero attached hydrogens (tertiary/aromatic N) is 4. The third kappa shape index (κ3) is 4.12. The van der Waals surface area contributed by atoms with Gasteiger partial charge in [-0.25, -0.2) is 4.98 Å². The molecule has 1 aliphatic rings. The summed E-state index contributed by atoms with van der Waals surface area (Å²) >= 11 is 0. The van der Waals surface area contributed by atoms with Crippen LogP contribution in [0.15, 0.2) is 60.7 Å². The van der Waals surface area contributed by atoms with Gasteiger partial charge in [0.05, 0.1) is 17.3 Å². The molecule has 1 aromatic heterocycles. The highest BCUT2D eigenvalue weighted by molar-refractivity contribution is 5.67. The molecule has 0 saturated carbocycles. The highest BCUT2D eigenvalue weighted by Crippen LogP contribution is 2.27. The number of aromatic nitrogens is 2. The second-order valence-corrected chi connectivity index (χ2v) is 7.31. The minimum absolute atomic E-state index is 0.640. The van der Waals surface area contributed by atoms with Crippen molar-refractivity contribution in [3.05, 3.63) is 66.2 Å². The summed E-state index contributed by atoms with van der Waals surface area (Å²) in [5.74, 6) is 2.17. The zero-order chi connectivity index (χ0) is 19.3. The van der Waals surface area contributed by atoms with E-state index in [4.69, 9.17) is 15.2 Å². The molecular formula is C23H23N5. The highest BCUT2D eigenvalue weighted by Gasteiger charge is 2.20. The Morgan fingerprint density at radius 3 is 2.57 bits per heavy atom. The quantitative estimate of drug-likeness (QED) is 0.701. The average molecular weight is 369 g/mol. The van der Waals surface area contributed by atoms with Crippen LogP contribution in [-0.2, 0) is 0 Å². The van der Waals surface area contributed by atoms with Gasteiger partial charge in [-0.2, -0.15) is 10.2 Å². The maximum absolute atomic E-state index is 8.99. The molecule has 140 valence electrons. The number of hydrogen-bond acceptors (Lipinski definition) is 5. The summed E-state index contributed by atoms with van der Waals surface area (Å²) < 4.78 is 0. The van der Waals surface area contributed by atoms with Crippen LogP contribution < -0.4 is 10.2 Å². The van der Waals surface area contributed by atoms with E-state index in [0.29, 0.717) is 11.5 Å². The molecule has 1 saturated heterocycles. The fourth-order valence-corrected chi connectivity index (χ4v) is 3.54. The van der Waals surface area contributed by atoms with Crippen molar-refractivity contribution in [3.63, 3.8) is 0 Å². The predicted molar refractivity (Wildman–Crippen MR) is 113 cm³/mol. The molecule has 1 unspecified atom stereocenters. The van der Waals surface area contributed by atoms with E-state index >= 15 is 0 Å². The number of piperidine rings is 1. The van der Waals surface area contributed by atoms with Crippen LogP contribution in [0.1, 0.15) is 25.3 Å². The Bertz CT molecular complexity index is 976. The lowest BCUT2D eigenvalue weighted by Gasteiger charge is -2.31. The lowest BCUT2D eigenvalue weighted by Crippen LogP contribution is -2.35. The Kier molecular flexibility index (Phi) is 5.20. The maximum atomic E-state index is 8.99. The Labute approximate surface area is 165 Å². The second-order valence-electron chi connectivity index (χ2n) is 7.31. The van der Waals surface area contributed by atoms with Crippen molar-refractivity contribution < 1.29 is 0 Å². The van der Waals surface area contributed by atoms with Gasteiger partial charge in [0.2, 0.25) is 5.95 Å². The molecular weight excluding hydrogens is 346 g/mol. The first-order valence-electron chi connectivity index (χ1n) is 9.68. The molecule has 5 heteroatoms. The Balaban J connectivity index is 1.69. The number of nitriles is 1. The van der Waals surface area contributed by atoms with Gasteiger partial charge in [0.25, 0.3) is 0 Å². The van der Waals surface area contributed by atoms with Crippen molar-refractivity contribution in [2.75, 3.05) is 23.3 Å². The summed E-state index contributed by atoms with van der Waals surface area (Å²) in [5, 5.41) is 12.4. The smallest absolute Gasteiger partial charge is 0.227 e. The summed E-state index contributed by atoms with van der Waals surface area (Å²) in [7, 11) is 0. The first-order valence-corrected chi connectivity index (χ1v) is 9.68. The molecule has 2 aromatic carbocycles. The van der Waals surface area contributed by atoms with E-state index in [1.165, 1.54) is 12.8 Å². The van der Waals surface area contributed by atoms with Crippen LogP contribution in [0.25, 0.3) is 11.3 Å². The van der Waals surface area contributed by atoms with E-state index in [-0.39, 0.29) is 0 Å². The van der Waals surface area contributed by atoms with Crippen molar-refractivity contribution in [1.29, 1.82) is 5.26 Å². The minimum Gasteiger partial charge on any atom is -0.340 e. The third-order valence-corrected chi connectivity index (χ3v) is 5.01. The predicted octanol–water partition coefficient (Wildman–Crippen LogP) is 5.00. The lowest BCUT2D eigenvalue weighted by atomic mass is 10.0. The number of rotatable bonds is 4. The van der Waals surface area contributed by atoms with Crippen LogP contribution in [0.3, 0.4) is 0 Å². The zero-order valence-electron chi connectivity index (χ0n) is 16.0. The monoisotopic (exact) mass is 369 g/mol. The molecule has 5 nitrogen and oxygen atoms in total. The van der Waals surface area contributed by atoms with E-state index < -0.39 is 0 Å². The molecule has 0 spiro atoms. The van der Waals surface area contributed by atoms with Crippen molar-refractivity contribution in [1.82, 2.24) is 9.97 Å². The Hall–Kier alpha value is -3.39. The number of nitrogens with one attached hydrogen (secondary N) is 1. The van der Waals surface area contributed by atoms with E-state index in [0.717, 1.165) is 41.8 Å². The molecule has 1 N–H and O–H groups in total. The van der Waals surface area contributed by atoms with E-state index in [1.807, 2.05) is 36.4 Å². The van der Waals surface area contributed by atoms with Crippen LogP contribution in [0.2, 0.25) is 0 Å². The van der Waals surface area contributed by atoms with Crippen molar-refractivity contribution in [3.8, 4) is 17.3 Å². The van der Waals surface area contributed by atoms with Gasteiger partial charge in [-0.3, -0.25) is 0 Å². The van der Waals surface area contributed by atoms with Gasteiger partial charge in [-0.05, 0) is 43.0 Å².